The lowest BCUT2D eigenvalue weighted by Crippen LogP contribution is -2.20. The minimum absolute atomic E-state index is 0.0910. The molecule has 0 saturated heterocycles. The van der Waals surface area contributed by atoms with Gasteiger partial charge < -0.3 is 5.11 Å². The highest BCUT2D eigenvalue weighted by atomic mass is 35.5. The third-order valence-corrected chi connectivity index (χ3v) is 3.28. The van der Waals surface area contributed by atoms with Gasteiger partial charge in [0.05, 0.1) is 6.10 Å². The minimum atomic E-state index is -0.982. The third-order valence-electron chi connectivity index (χ3n) is 2.95. The van der Waals surface area contributed by atoms with Gasteiger partial charge in [0.15, 0.2) is 11.6 Å². The van der Waals surface area contributed by atoms with Gasteiger partial charge in [-0.15, -0.1) is 0 Å². The molecule has 1 N–H and O–H groups in total. The van der Waals surface area contributed by atoms with Crippen molar-refractivity contribution in [3.63, 3.8) is 0 Å². The lowest BCUT2D eigenvalue weighted by atomic mass is 9.79. The predicted octanol–water partition coefficient (Wildman–Crippen LogP) is 3.45. The molecule has 0 amide bonds. The molecule has 1 fully saturated rings. The first kappa shape index (κ1) is 10.8. The summed E-state index contributed by atoms with van der Waals surface area (Å²) in [6, 6.07) is 1.90. The van der Waals surface area contributed by atoms with Gasteiger partial charge >= 0.3 is 0 Å². The highest BCUT2D eigenvalue weighted by Crippen LogP contribution is 2.40. The van der Waals surface area contributed by atoms with E-state index in [0.29, 0.717) is 5.56 Å². The van der Waals surface area contributed by atoms with Crippen molar-refractivity contribution in [3.05, 3.63) is 34.4 Å². The molecule has 1 aromatic rings. The number of hydrogen-bond donors (Lipinski definition) is 1. The Labute approximate surface area is 91.7 Å². The van der Waals surface area contributed by atoms with Crippen LogP contribution in [0.25, 0.3) is 0 Å². The molecule has 1 aromatic carbocycles. The van der Waals surface area contributed by atoms with Crippen LogP contribution in [0.2, 0.25) is 5.02 Å². The molecule has 15 heavy (non-hydrogen) atoms. The van der Waals surface area contributed by atoms with E-state index in [-0.39, 0.29) is 10.9 Å². The van der Waals surface area contributed by atoms with E-state index >= 15 is 0 Å². The first-order valence-electron chi connectivity index (χ1n) is 4.92. The molecule has 0 heterocycles. The van der Waals surface area contributed by atoms with Crippen LogP contribution in [0.3, 0.4) is 0 Å². The molecule has 1 saturated carbocycles. The fraction of sp³-hybridized carbons (Fsp3) is 0.455. The Morgan fingerprint density at radius 1 is 1.27 bits per heavy atom. The average Bonchev–Trinajstić information content (AvgIpc) is 2.08. The molecule has 4 heteroatoms. The Kier molecular flexibility index (Phi) is 2.94. The first-order chi connectivity index (χ1) is 7.09. The fourth-order valence-electron chi connectivity index (χ4n) is 1.77. The molecule has 1 aliphatic rings. The van der Waals surface area contributed by atoms with E-state index in [1.165, 1.54) is 0 Å². The Morgan fingerprint density at radius 2 is 1.87 bits per heavy atom. The van der Waals surface area contributed by atoms with Crippen molar-refractivity contribution < 1.29 is 13.9 Å². The lowest BCUT2D eigenvalue weighted by molar-refractivity contribution is 0.0618. The highest BCUT2D eigenvalue weighted by molar-refractivity contribution is 6.31. The zero-order valence-electron chi connectivity index (χ0n) is 8.01. The van der Waals surface area contributed by atoms with Crippen LogP contribution in [0.4, 0.5) is 8.78 Å². The third kappa shape index (κ3) is 1.99. The van der Waals surface area contributed by atoms with Gasteiger partial charge in [0.25, 0.3) is 0 Å². The molecule has 0 bridgehead atoms. The minimum Gasteiger partial charge on any atom is -0.388 e. The molecular weight excluding hydrogens is 222 g/mol. The second-order valence-electron chi connectivity index (χ2n) is 3.92. The van der Waals surface area contributed by atoms with Crippen molar-refractivity contribution in [1.29, 1.82) is 0 Å². The van der Waals surface area contributed by atoms with Crippen molar-refractivity contribution in [2.75, 3.05) is 0 Å². The van der Waals surface area contributed by atoms with Crippen molar-refractivity contribution >= 4 is 11.6 Å². The predicted molar refractivity (Wildman–Crippen MR) is 53.7 cm³/mol. The van der Waals surface area contributed by atoms with Crippen LogP contribution >= 0.6 is 11.6 Å². The number of aliphatic hydroxyl groups excluding tert-OH is 1. The molecule has 0 aromatic heterocycles. The Morgan fingerprint density at radius 3 is 2.40 bits per heavy atom. The smallest absolute Gasteiger partial charge is 0.160 e. The zero-order chi connectivity index (χ0) is 11.0. The SMILES string of the molecule is OC(c1cc(F)c(F)cc1Cl)C1CCC1. The van der Waals surface area contributed by atoms with Gasteiger partial charge in [-0.05, 0) is 30.9 Å². The maximum Gasteiger partial charge on any atom is 0.160 e. The molecule has 1 unspecified atom stereocenters. The largest absolute Gasteiger partial charge is 0.388 e. The van der Waals surface area contributed by atoms with Crippen molar-refractivity contribution in [2.24, 2.45) is 5.92 Å². The lowest BCUT2D eigenvalue weighted by Gasteiger charge is -2.30. The van der Waals surface area contributed by atoms with Crippen LogP contribution in [0.15, 0.2) is 12.1 Å². The van der Waals surface area contributed by atoms with Crippen LogP contribution in [0, 0.1) is 17.6 Å². The summed E-state index contributed by atoms with van der Waals surface area (Å²) in [6.07, 6.45) is 2.12. The number of hydrogen-bond acceptors (Lipinski definition) is 1. The van der Waals surface area contributed by atoms with Crippen molar-refractivity contribution in [3.8, 4) is 0 Å². The molecule has 0 radical (unpaired) electrons. The topological polar surface area (TPSA) is 20.2 Å². The van der Waals surface area contributed by atoms with Crippen LogP contribution in [-0.4, -0.2) is 5.11 Å². The summed E-state index contributed by atoms with van der Waals surface area (Å²) in [5.41, 5.74) is 0.292. The number of rotatable bonds is 2. The summed E-state index contributed by atoms with van der Waals surface area (Å²) in [5, 5.41) is 9.95. The average molecular weight is 233 g/mol. The molecule has 1 aliphatic carbocycles. The molecule has 0 aliphatic heterocycles. The number of benzene rings is 1. The maximum absolute atomic E-state index is 13.0. The van der Waals surface area contributed by atoms with Gasteiger partial charge in [-0.1, -0.05) is 18.0 Å². The second-order valence-corrected chi connectivity index (χ2v) is 4.33. The molecule has 82 valence electrons. The first-order valence-corrected chi connectivity index (χ1v) is 5.30. The van der Waals surface area contributed by atoms with E-state index in [1.807, 2.05) is 0 Å². The normalized spacial score (nSPS) is 18.7. The van der Waals surface area contributed by atoms with Gasteiger partial charge in [0.1, 0.15) is 0 Å². The van der Waals surface area contributed by atoms with Gasteiger partial charge in [-0.3, -0.25) is 0 Å². The number of halogens is 3. The van der Waals surface area contributed by atoms with E-state index in [4.69, 9.17) is 11.6 Å². The summed E-state index contributed by atoms with van der Waals surface area (Å²) < 4.78 is 25.7. The van der Waals surface area contributed by atoms with Gasteiger partial charge in [-0.2, -0.15) is 0 Å². The second kappa shape index (κ2) is 4.06. The fourth-order valence-corrected chi connectivity index (χ4v) is 2.04. The van der Waals surface area contributed by atoms with E-state index in [9.17, 15) is 13.9 Å². The van der Waals surface area contributed by atoms with Crippen molar-refractivity contribution in [1.82, 2.24) is 0 Å². The molecular formula is C11H11ClF2O. The maximum atomic E-state index is 13.0. The van der Waals surface area contributed by atoms with E-state index < -0.39 is 17.7 Å². The Hall–Kier alpha value is -0.670. The van der Waals surface area contributed by atoms with Crippen molar-refractivity contribution in [2.45, 2.75) is 25.4 Å². The van der Waals surface area contributed by atoms with Crippen LogP contribution in [0.5, 0.6) is 0 Å². The summed E-state index contributed by atoms with van der Waals surface area (Å²) in [5.74, 6) is -1.82. The van der Waals surface area contributed by atoms with E-state index in [2.05, 4.69) is 0 Å². The summed E-state index contributed by atoms with van der Waals surface area (Å²) in [6.45, 7) is 0. The van der Waals surface area contributed by atoms with E-state index in [0.717, 1.165) is 31.4 Å². The molecule has 1 atom stereocenters. The monoisotopic (exact) mass is 232 g/mol. The number of aliphatic hydroxyl groups is 1. The quantitative estimate of drug-likeness (QED) is 0.775. The van der Waals surface area contributed by atoms with Gasteiger partial charge in [-0.25, -0.2) is 8.78 Å². The van der Waals surface area contributed by atoms with Gasteiger partial charge in [0, 0.05) is 10.6 Å². The Bertz CT molecular complexity index is 377. The molecule has 1 nitrogen and oxygen atoms in total. The van der Waals surface area contributed by atoms with Crippen LogP contribution in [-0.2, 0) is 0 Å². The molecule has 0 spiro atoms. The Balaban J connectivity index is 2.30. The molecule has 2 rings (SSSR count). The van der Waals surface area contributed by atoms with Gasteiger partial charge in [0.2, 0.25) is 0 Å². The summed E-state index contributed by atoms with van der Waals surface area (Å²) in [7, 11) is 0. The zero-order valence-corrected chi connectivity index (χ0v) is 8.77. The summed E-state index contributed by atoms with van der Waals surface area (Å²) >= 11 is 5.75. The van der Waals surface area contributed by atoms with E-state index in [1.54, 1.807) is 0 Å². The highest BCUT2D eigenvalue weighted by Gasteiger charge is 2.28. The summed E-state index contributed by atoms with van der Waals surface area (Å²) in [4.78, 5) is 0. The van der Waals surface area contributed by atoms with Crippen LogP contribution < -0.4 is 0 Å². The van der Waals surface area contributed by atoms with Crippen LogP contribution in [0.1, 0.15) is 30.9 Å². The standard InChI is InChI=1S/C11H11ClF2O/c12-8-5-10(14)9(13)4-7(8)11(15)6-2-1-3-6/h4-6,11,15H,1-3H2.